The first-order valence-electron chi connectivity index (χ1n) is 4.39. The Morgan fingerprint density at radius 2 is 2.07 bits per heavy atom. The molecule has 2 rings (SSSR count). The van der Waals surface area contributed by atoms with Crippen molar-refractivity contribution in [1.29, 1.82) is 0 Å². The second kappa shape index (κ2) is 5.32. The molecule has 3 nitrogen and oxygen atoms in total. The number of allylic oxidation sites excluding steroid dienone is 7. The van der Waals surface area contributed by atoms with Crippen LogP contribution in [0.15, 0.2) is 57.9 Å². The molecular weight excluding hydrogens is 212 g/mol. The van der Waals surface area contributed by atoms with E-state index in [2.05, 4.69) is 10.1 Å². The van der Waals surface area contributed by atoms with Gasteiger partial charge in [0, 0.05) is 18.8 Å². The minimum atomic E-state index is 0. The second-order valence-electron chi connectivity index (χ2n) is 3.06. The van der Waals surface area contributed by atoms with Crippen molar-refractivity contribution in [3.63, 3.8) is 0 Å². The van der Waals surface area contributed by atoms with Crippen LogP contribution in [0, 0.1) is 0 Å². The maximum Gasteiger partial charge on any atom is 0.0839 e. The van der Waals surface area contributed by atoms with E-state index >= 15 is 0 Å². The Kier molecular flexibility index (Phi) is 4.06. The van der Waals surface area contributed by atoms with Crippen molar-refractivity contribution in [3.05, 3.63) is 47.7 Å². The number of hydrogen-bond acceptors (Lipinski definition) is 3. The number of oxime groups is 1. The lowest BCUT2D eigenvalue weighted by atomic mass is 9.95. The molecule has 0 aromatic carbocycles. The molecular formula is C11H11ClN2O. The third-order valence-corrected chi connectivity index (χ3v) is 2.14. The van der Waals surface area contributed by atoms with Crippen molar-refractivity contribution in [3.8, 4) is 0 Å². The Balaban J connectivity index is 0.00000112. The lowest BCUT2D eigenvalue weighted by molar-refractivity contribution is 0.318. The predicted molar refractivity (Wildman–Crippen MR) is 64.0 cm³/mol. The van der Waals surface area contributed by atoms with Crippen LogP contribution in [0.1, 0.15) is 6.42 Å². The fourth-order valence-electron chi connectivity index (χ4n) is 1.42. The molecule has 0 radical (unpaired) electrons. The van der Waals surface area contributed by atoms with Gasteiger partial charge in [0.1, 0.15) is 0 Å². The van der Waals surface area contributed by atoms with Gasteiger partial charge in [-0.15, -0.1) is 12.4 Å². The van der Waals surface area contributed by atoms with Gasteiger partial charge < -0.3 is 5.21 Å². The summed E-state index contributed by atoms with van der Waals surface area (Å²) >= 11 is 0. The number of nitrogens with zero attached hydrogens (tertiary/aromatic N) is 2. The summed E-state index contributed by atoms with van der Waals surface area (Å²) in [5, 5.41) is 11.8. The van der Waals surface area contributed by atoms with Crippen LogP contribution in [-0.4, -0.2) is 17.1 Å². The molecule has 0 saturated heterocycles. The first-order chi connectivity index (χ1) is 6.90. The largest absolute Gasteiger partial charge is 0.411 e. The minimum absolute atomic E-state index is 0. The molecule has 0 fully saturated rings. The zero-order chi connectivity index (χ0) is 9.80. The molecule has 1 aliphatic carbocycles. The van der Waals surface area contributed by atoms with Crippen molar-refractivity contribution in [2.45, 2.75) is 6.42 Å². The average molecular weight is 223 g/mol. The summed E-state index contributed by atoms with van der Waals surface area (Å²) in [5.74, 6) is 0. The molecule has 4 heteroatoms. The van der Waals surface area contributed by atoms with Gasteiger partial charge in [0.15, 0.2) is 0 Å². The third-order valence-electron chi connectivity index (χ3n) is 2.14. The molecule has 1 N–H and O–H groups in total. The zero-order valence-corrected chi connectivity index (χ0v) is 8.81. The number of halogens is 1. The predicted octanol–water partition coefficient (Wildman–Crippen LogP) is 2.65. The Morgan fingerprint density at radius 3 is 2.87 bits per heavy atom. The number of rotatable bonds is 0. The van der Waals surface area contributed by atoms with Crippen molar-refractivity contribution >= 4 is 24.3 Å². The minimum Gasteiger partial charge on any atom is -0.411 e. The quantitative estimate of drug-likeness (QED) is 0.497. The lowest BCUT2D eigenvalue weighted by Crippen LogP contribution is -2.02. The van der Waals surface area contributed by atoms with Gasteiger partial charge in [-0.25, -0.2) is 0 Å². The van der Waals surface area contributed by atoms with E-state index in [1.54, 1.807) is 12.4 Å². The highest BCUT2D eigenvalue weighted by Gasteiger charge is 2.08. The van der Waals surface area contributed by atoms with Gasteiger partial charge in [0.05, 0.1) is 5.71 Å². The Hall–Kier alpha value is -1.61. The van der Waals surface area contributed by atoms with Crippen LogP contribution in [0.4, 0.5) is 0 Å². The third kappa shape index (κ3) is 2.67. The van der Waals surface area contributed by atoms with Crippen LogP contribution in [0.25, 0.3) is 0 Å². The Bertz CT molecular complexity index is 414. The SMILES string of the molecule is Cl.ON=C1C=CC2=C(\C=C/C=N\C=C/2)C1. The second-order valence-corrected chi connectivity index (χ2v) is 3.06. The fraction of sp³-hybridized carbons (Fsp3) is 0.0909. The molecule has 0 aromatic heterocycles. The highest BCUT2D eigenvalue weighted by Crippen LogP contribution is 2.20. The summed E-state index contributed by atoms with van der Waals surface area (Å²) in [4.78, 5) is 4.02. The highest BCUT2D eigenvalue weighted by molar-refractivity contribution is 5.99. The summed E-state index contributed by atoms with van der Waals surface area (Å²) < 4.78 is 0. The Labute approximate surface area is 94.3 Å². The molecule has 0 atom stereocenters. The van der Waals surface area contributed by atoms with E-state index in [1.165, 1.54) is 0 Å². The Morgan fingerprint density at radius 1 is 1.20 bits per heavy atom. The molecule has 2 aliphatic rings. The summed E-state index contributed by atoms with van der Waals surface area (Å²) in [6, 6.07) is 0. The first-order valence-corrected chi connectivity index (χ1v) is 4.39. The molecule has 1 aliphatic heterocycles. The maximum absolute atomic E-state index is 8.65. The molecule has 0 aromatic rings. The van der Waals surface area contributed by atoms with E-state index < -0.39 is 0 Å². The molecule has 0 spiro atoms. The van der Waals surface area contributed by atoms with Gasteiger partial charge in [0.2, 0.25) is 0 Å². The standard InChI is InChI=1S/C11H10N2O.ClH/c14-13-11-4-3-9-5-7-12-6-1-2-10(9)8-11;/h1-7,14H,8H2;1H/b2-1-,6-1?,7-5-,9-5?,10-2?,12-6-,12-7?,13-11?;. The lowest BCUT2D eigenvalue weighted by Gasteiger charge is -2.11. The van der Waals surface area contributed by atoms with E-state index in [4.69, 9.17) is 5.21 Å². The van der Waals surface area contributed by atoms with E-state index in [9.17, 15) is 0 Å². The van der Waals surface area contributed by atoms with Crippen molar-refractivity contribution in [1.82, 2.24) is 0 Å². The first kappa shape index (κ1) is 11.5. The van der Waals surface area contributed by atoms with Crippen LogP contribution < -0.4 is 0 Å². The molecule has 0 saturated carbocycles. The fourth-order valence-corrected chi connectivity index (χ4v) is 1.42. The van der Waals surface area contributed by atoms with Gasteiger partial charge >= 0.3 is 0 Å². The highest BCUT2D eigenvalue weighted by atomic mass is 35.5. The van der Waals surface area contributed by atoms with Gasteiger partial charge in [-0.1, -0.05) is 17.3 Å². The molecule has 78 valence electrons. The topological polar surface area (TPSA) is 45.0 Å². The van der Waals surface area contributed by atoms with E-state index in [-0.39, 0.29) is 12.4 Å². The van der Waals surface area contributed by atoms with Crippen LogP contribution in [0.2, 0.25) is 0 Å². The summed E-state index contributed by atoms with van der Waals surface area (Å²) in [6.45, 7) is 0. The molecule has 1 heterocycles. The molecule has 0 amide bonds. The van der Waals surface area contributed by atoms with E-state index in [1.807, 2.05) is 30.4 Å². The van der Waals surface area contributed by atoms with Gasteiger partial charge in [-0.3, -0.25) is 4.99 Å². The van der Waals surface area contributed by atoms with Gasteiger partial charge in [-0.2, -0.15) is 0 Å². The van der Waals surface area contributed by atoms with Crippen LogP contribution >= 0.6 is 12.4 Å². The normalized spacial score (nSPS) is 27.3. The average Bonchev–Trinajstić information content (AvgIpc) is 2.18. The summed E-state index contributed by atoms with van der Waals surface area (Å²) in [5.41, 5.74) is 2.94. The smallest absolute Gasteiger partial charge is 0.0839 e. The monoisotopic (exact) mass is 222 g/mol. The van der Waals surface area contributed by atoms with Crippen LogP contribution in [0.5, 0.6) is 0 Å². The maximum atomic E-state index is 8.65. The van der Waals surface area contributed by atoms with E-state index in [0.717, 1.165) is 11.1 Å². The summed E-state index contributed by atoms with van der Waals surface area (Å²) in [6.07, 6.45) is 13.7. The van der Waals surface area contributed by atoms with Crippen molar-refractivity contribution in [2.24, 2.45) is 10.1 Å². The number of aliphatic imine (C=N–C) groups is 1. The van der Waals surface area contributed by atoms with Crippen LogP contribution in [0.3, 0.4) is 0 Å². The molecule has 0 unspecified atom stereocenters. The van der Waals surface area contributed by atoms with E-state index in [0.29, 0.717) is 12.1 Å². The van der Waals surface area contributed by atoms with Crippen molar-refractivity contribution in [2.75, 3.05) is 0 Å². The van der Waals surface area contributed by atoms with Gasteiger partial charge in [-0.05, 0) is 29.4 Å². The van der Waals surface area contributed by atoms with Crippen molar-refractivity contribution < 1.29 is 5.21 Å². The molecule has 15 heavy (non-hydrogen) atoms. The summed E-state index contributed by atoms with van der Waals surface area (Å²) in [7, 11) is 0. The zero-order valence-electron chi connectivity index (χ0n) is 8.00. The van der Waals surface area contributed by atoms with Gasteiger partial charge in [0.25, 0.3) is 0 Å². The van der Waals surface area contributed by atoms with Crippen LogP contribution in [-0.2, 0) is 0 Å². The number of hydrogen-bond donors (Lipinski definition) is 1. The molecule has 0 bridgehead atoms.